The number of likely N-dealkylation sites (tertiary alicyclic amines) is 1. The summed E-state index contributed by atoms with van der Waals surface area (Å²) in [5, 5.41) is 12.5. The molecule has 6 rings (SSSR count). The van der Waals surface area contributed by atoms with Crippen LogP contribution in [0.3, 0.4) is 0 Å². The van der Waals surface area contributed by atoms with Crippen LogP contribution >= 0.6 is 11.6 Å². The minimum Gasteiger partial charge on any atom is -0.462 e. The van der Waals surface area contributed by atoms with E-state index in [2.05, 4.69) is 22.9 Å². The molecule has 10 nitrogen and oxygen atoms in total. The third kappa shape index (κ3) is 5.26. The number of aromatic nitrogens is 2. The zero-order chi connectivity index (χ0) is 31.2. The molecule has 13 heteroatoms. The minimum absolute atomic E-state index is 0.0236. The molecule has 44 heavy (non-hydrogen) atoms. The van der Waals surface area contributed by atoms with Crippen LogP contribution in [0, 0.1) is 17.1 Å². The predicted octanol–water partition coefficient (Wildman–Crippen LogP) is 3.93. The maximum atomic E-state index is 15.1. The molecule has 1 unspecified atom stereocenters. The van der Waals surface area contributed by atoms with Crippen molar-refractivity contribution in [2.24, 2.45) is 0 Å². The highest BCUT2D eigenvalue weighted by Crippen LogP contribution is 2.47. The molecule has 2 amide bonds. The molecular formula is C31H34ClF2N7O3. The monoisotopic (exact) mass is 625 g/mol. The van der Waals surface area contributed by atoms with E-state index >= 15 is 4.39 Å². The number of nitrogens with one attached hydrogen (secondary N) is 1. The van der Waals surface area contributed by atoms with Crippen molar-refractivity contribution in [3.05, 3.63) is 52.2 Å². The van der Waals surface area contributed by atoms with Crippen LogP contribution in [0.15, 0.2) is 24.5 Å². The second-order valence-electron chi connectivity index (χ2n) is 12.1. The van der Waals surface area contributed by atoms with Gasteiger partial charge >= 0.3 is 6.01 Å². The first-order valence-electron chi connectivity index (χ1n) is 14.9. The molecule has 1 spiro atoms. The highest BCUT2D eigenvalue weighted by Gasteiger charge is 2.49. The van der Waals surface area contributed by atoms with Crippen molar-refractivity contribution in [2.45, 2.75) is 62.4 Å². The topological polar surface area (TPSA) is 115 Å². The molecular weight excluding hydrogens is 592 g/mol. The quantitative estimate of drug-likeness (QED) is 0.481. The first-order valence-corrected chi connectivity index (χ1v) is 15.3. The smallest absolute Gasteiger partial charge is 0.318 e. The first-order chi connectivity index (χ1) is 21.1. The summed E-state index contributed by atoms with van der Waals surface area (Å²) < 4.78 is 35.1. The average Bonchev–Trinajstić information content (AvgIpc) is 3.42. The number of hydrogen-bond donors (Lipinski definition) is 1. The Bertz CT molecular complexity index is 1570. The van der Waals surface area contributed by atoms with Crippen LogP contribution in [-0.4, -0.2) is 83.5 Å². The summed E-state index contributed by atoms with van der Waals surface area (Å²) in [6.07, 6.45) is 3.84. The number of halogens is 3. The highest BCUT2D eigenvalue weighted by molar-refractivity contribution is 6.30. The number of amides is 2. The summed E-state index contributed by atoms with van der Waals surface area (Å²) in [7, 11) is 2.05. The number of hydrogen-bond acceptors (Lipinski definition) is 8. The van der Waals surface area contributed by atoms with Gasteiger partial charge in [0.25, 0.3) is 5.91 Å². The first kappa shape index (κ1) is 30.2. The van der Waals surface area contributed by atoms with Crippen molar-refractivity contribution >= 4 is 34.9 Å². The van der Waals surface area contributed by atoms with Crippen LogP contribution in [0.25, 0.3) is 0 Å². The van der Waals surface area contributed by atoms with Crippen molar-refractivity contribution in [2.75, 3.05) is 50.1 Å². The van der Waals surface area contributed by atoms with E-state index in [0.717, 1.165) is 19.4 Å². The van der Waals surface area contributed by atoms with Crippen molar-refractivity contribution in [3.63, 3.8) is 0 Å². The fourth-order valence-corrected chi connectivity index (χ4v) is 7.32. The van der Waals surface area contributed by atoms with Crippen LogP contribution in [0.2, 0.25) is 5.02 Å². The predicted molar refractivity (Wildman–Crippen MR) is 160 cm³/mol. The Morgan fingerprint density at radius 2 is 2.09 bits per heavy atom. The Hall–Kier alpha value is -3.82. The molecule has 4 aliphatic rings. The molecule has 232 valence electrons. The van der Waals surface area contributed by atoms with Gasteiger partial charge in [0.2, 0.25) is 5.91 Å². The number of piperazine rings is 1. The van der Waals surface area contributed by atoms with Crippen LogP contribution < -0.4 is 15.0 Å². The van der Waals surface area contributed by atoms with Gasteiger partial charge in [0.15, 0.2) is 11.6 Å². The van der Waals surface area contributed by atoms with E-state index in [9.17, 15) is 19.2 Å². The third-order valence-corrected chi connectivity index (χ3v) is 9.80. The summed E-state index contributed by atoms with van der Waals surface area (Å²) in [6, 6.07) is 5.05. The number of anilines is 2. The van der Waals surface area contributed by atoms with Gasteiger partial charge in [-0.2, -0.15) is 15.2 Å². The van der Waals surface area contributed by atoms with Crippen molar-refractivity contribution < 1.29 is 23.1 Å². The largest absolute Gasteiger partial charge is 0.462 e. The van der Waals surface area contributed by atoms with Crippen molar-refractivity contribution in [1.82, 2.24) is 19.8 Å². The van der Waals surface area contributed by atoms with Gasteiger partial charge in [-0.25, -0.2) is 8.78 Å². The van der Waals surface area contributed by atoms with E-state index in [4.69, 9.17) is 26.3 Å². The summed E-state index contributed by atoms with van der Waals surface area (Å²) in [6.45, 7) is 5.07. The Labute approximate surface area is 259 Å². The zero-order valence-corrected chi connectivity index (χ0v) is 25.3. The Balaban J connectivity index is 1.39. The van der Waals surface area contributed by atoms with Gasteiger partial charge in [-0.3, -0.25) is 9.59 Å². The summed E-state index contributed by atoms with van der Waals surface area (Å²) in [4.78, 5) is 41.4. The Morgan fingerprint density at radius 3 is 2.82 bits per heavy atom. The van der Waals surface area contributed by atoms with Gasteiger partial charge < -0.3 is 24.8 Å². The molecule has 4 heterocycles. The summed E-state index contributed by atoms with van der Waals surface area (Å²) in [5.74, 6) is -2.31. The molecule has 1 aliphatic carbocycles. The molecule has 1 N–H and O–H groups in total. The standard InChI is InChI=1S/C31H34ClF2N7O3/c1-18(33)28(42)41-14-13-40(16-19(41)9-11-35)27-26-24(36-30(38-27)44-17-20-5-4-12-39(20)2)15-31(29(43)37-26)10-3-6-21-22(31)7-8-23(32)25(21)34/h7-8,19-20H,1,3-6,9-10,12-17H2,2H3,(H,37,43)/t19-,20-,31?/m0/s1. The molecule has 0 radical (unpaired) electrons. The lowest BCUT2D eigenvalue weighted by Crippen LogP contribution is -2.56. The second kappa shape index (κ2) is 11.9. The number of nitriles is 1. The lowest BCUT2D eigenvalue weighted by Gasteiger charge is -2.44. The van der Waals surface area contributed by atoms with Crippen molar-refractivity contribution in [3.8, 4) is 12.1 Å². The molecule has 2 aromatic rings. The number of likely N-dealkylation sites (N-methyl/N-ethyl adjacent to an activating group) is 1. The van der Waals surface area contributed by atoms with Gasteiger partial charge in [0, 0.05) is 32.1 Å². The second-order valence-corrected chi connectivity index (χ2v) is 12.5. The number of carbonyl (C=O) groups excluding carboxylic acids is 2. The number of nitrogens with zero attached hydrogens (tertiary/aromatic N) is 6. The van der Waals surface area contributed by atoms with Gasteiger partial charge in [-0.15, -0.1) is 0 Å². The lowest BCUT2D eigenvalue weighted by molar-refractivity contribution is -0.131. The molecule has 3 atom stereocenters. The molecule has 0 bridgehead atoms. The van der Waals surface area contributed by atoms with Crippen LogP contribution in [0.5, 0.6) is 6.01 Å². The molecule has 3 aliphatic heterocycles. The maximum Gasteiger partial charge on any atom is 0.318 e. The Kier molecular flexibility index (Phi) is 8.20. The maximum absolute atomic E-state index is 15.1. The van der Waals surface area contributed by atoms with Gasteiger partial charge in [0.05, 0.1) is 34.7 Å². The van der Waals surface area contributed by atoms with Gasteiger partial charge in [0.1, 0.15) is 18.1 Å². The van der Waals surface area contributed by atoms with E-state index in [-0.39, 0.29) is 55.5 Å². The Morgan fingerprint density at radius 1 is 1.27 bits per heavy atom. The fourth-order valence-electron chi connectivity index (χ4n) is 7.14. The van der Waals surface area contributed by atoms with E-state index in [0.29, 0.717) is 54.2 Å². The van der Waals surface area contributed by atoms with E-state index in [1.165, 1.54) is 11.0 Å². The van der Waals surface area contributed by atoms with E-state index < -0.39 is 29.0 Å². The lowest BCUT2D eigenvalue weighted by atomic mass is 9.65. The number of carbonyl (C=O) groups is 2. The van der Waals surface area contributed by atoms with E-state index in [1.807, 2.05) is 11.9 Å². The van der Waals surface area contributed by atoms with E-state index in [1.54, 1.807) is 6.07 Å². The molecule has 2 fully saturated rings. The third-order valence-electron chi connectivity index (χ3n) is 9.51. The molecule has 1 aromatic heterocycles. The molecule has 0 saturated carbocycles. The zero-order valence-electron chi connectivity index (χ0n) is 24.5. The molecule has 1 aromatic carbocycles. The highest BCUT2D eigenvalue weighted by atomic mass is 35.5. The number of benzene rings is 1. The molecule has 2 saturated heterocycles. The van der Waals surface area contributed by atoms with Crippen LogP contribution in [0.4, 0.5) is 20.3 Å². The van der Waals surface area contributed by atoms with Crippen LogP contribution in [-0.2, 0) is 27.8 Å². The number of ether oxygens (including phenoxy) is 1. The van der Waals surface area contributed by atoms with Gasteiger partial charge in [-0.1, -0.05) is 24.2 Å². The van der Waals surface area contributed by atoms with Crippen molar-refractivity contribution in [1.29, 1.82) is 5.26 Å². The summed E-state index contributed by atoms with van der Waals surface area (Å²) in [5.41, 5.74) is 0.984. The normalized spacial score (nSPS) is 24.8. The fraction of sp³-hybridized carbons (Fsp3) is 0.516. The summed E-state index contributed by atoms with van der Waals surface area (Å²) >= 11 is 6.11. The average molecular weight is 626 g/mol. The minimum atomic E-state index is -1.09. The SMILES string of the molecule is C=C(F)C(=O)N1CCN(c2nc(OC[C@@H]3CCCN3C)nc3c2NC(=O)C2(CCCc4c2ccc(Cl)c4F)C3)C[C@@H]1CC#N. The van der Waals surface area contributed by atoms with Gasteiger partial charge in [-0.05, 0) is 62.9 Å². The number of fused-ring (bicyclic) bond motifs is 3. The van der Waals surface area contributed by atoms with Crippen LogP contribution in [0.1, 0.15) is 48.9 Å². The number of rotatable bonds is 6.